The summed E-state index contributed by atoms with van der Waals surface area (Å²) in [6.45, 7) is 0. The Kier molecular flexibility index (Phi) is 4.56. The van der Waals surface area contributed by atoms with Gasteiger partial charge in [-0.15, -0.1) is 0 Å². The largest absolute Gasteiger partial charge is 0.356 e. The van der Waals surface area contributed by atoms with Crippen molar-refractivity contribution in [2.75, 3.05) is 5.32 Å². The first-order valence-electron chi connectivity index (χ1n) is 9.87. The third-order valence-electron chi connectivity index (χ3n) is 5.23. The number of hydrogen-bond donors (Lipinski definition) is 1. The molecule has 5 aromatic carbocycles. The molecule has 0 aliphatic carbocycles. The maximum Gasteiger partial charge on any atom is 0.0384 e. The lowest BCUT2D eigenvalue weighted by Gasteiger charge is -2.14. The fraction of sp³-hybridized carbons (Fsp3) is 0. The molecule has 0 saturated carbocycles. The summed E-state index contributed by atoms with van der Waals surface area (Å²) in [6, 6.07) is 42.7. The van der Waals surface area contributed by atoms with Crippen LogP contribution < -0.4 is 5.32 Å². The Balaban J connectivity index is 1.58. The van der Waals surface area contributed by atoms with Crippen LogP contribution in [0, 0.1) is 0 Å². The summed E-state index contributed by atoms with van der Waals surface area (Å²) in [5.41, 5.74) is 7.14. The Morgan fingerprint density at radius 3 is 1.41 bits per heavy atom. The van der Waals surface area contributed by atoms with Crippen LogP contribution in [0.5, 0.6) is 0 Å². The molecule has 138 valence electrons. The first-order chi connectivity index (χ1) is 14.4. The van der Waals surface area contributed by atoms with Gasteiger partial charge >= 0.3 is 0 Å². The second-order valence-electron chi connectivity index (χ2n) is 7.18. The number of para-hydroxylation sites is 1. The van der Waals surface area contributed by atoms with Gasteiger partial charge < -0.3 is 5.32 Å². The van der Waals surface area contributed by atoms with E-state index in [4.69, 9.17) is 0 Å². The third kappa shape index (κ3) is 3.63. The van der Waals surface area contributed by atoms with Crippen molar-refractivity contribution in [2.24, 2.45) is 0 Å². The van der Waals surface area contributed by atoms with Crippen LogP contribution in [0.25, 0.3) is 33.0 Å². The van der Waals surface area contributed by atoms with Crippen molar-refractivity contribution in [3.63, 3.8) is 0 Å². The van der Waals surface area contributed by atoms with Crippen molar-refractivity contribution in [3.05, 3.63) is 121 Å². The number of fused-ring (bicyclic) bond motifs is 1. The standard InChI is InChI=1S/C28H21N/c1-3-9-21(10-4-1)27-19-23-11-7-8-12-24(23)20-28(27)22-15-17-26(18-16-22)29-25-13-5-2-6-14-25/h1-20,29H. The van der Waals surface area contributed by atoms with Gasteiger partial charge in [0, 0.05) is 11.4 Å². The predicted molar refractivity (Wildman–Crippen MR) is 125 cm³/mol. The second-order valence-corrected chi connectivity index (χ2v) is 7.18. The molecule has 5 aromatic rings. The quantitative estimate of drug-likeness (QED) is 0.338. The number of nitrogens with one attached hydrogen (secondary N) is 1. The lowest BCUT2D eigenvalue weighted by Crippen LogP contribution is -1.90. The molecule has 5 rings (SSSR count). The number of hydrogen-bond acceptors (Lipinski definition) is 1. The summed E-state index contributed by atoms with van der Waals surface area (Å²) in [6.07, 6.45) is 0. The van der Waals surface area contributed by atoms with E-state index in [1.165, 1.54) is 33.0 Å². The average Bonchev–Trinajstić information content (AvgIpc) is 2.80. The molecule has 1 heteroatoms. The lowest BCUT2D eigenvalue weighted by molar-refractivity contribution is 1.54. The minimum absolute atomic E-state index is 1.09. The van der Waals surface area contributed by atoms with Crippen molar-refractivity contribution in [1.82, 2.24) is 0 Å². The smallest absolute Gasteiger partial charge is 0.0384 e. The molecule has 1 N–H and O–H groups in total. The lowest BCUT2D eigenvalue weighted by atomic mass is 9.91. The molecule has 0 heterocycles. The van der Waals surface area contributed by atoms with E-state index in [1.54, 1.807) is 0 Å². The highest BCUT2D eigenvalue weighted by Crippen LogP contribution is 2.36. The normalized spacial score (nSPS) is 10.8. The van der Waals surface area contributed by atoms with E-state index in [0.29, 0.717) is 0 Å². The molecule has 0 amide bonds. The molecule has 0 aliphatic heterocycles. The molecule has 0 atom stereocenters. The molecule has 1 nitrogen and oxygen atoms in total. The summed E-state index contributed by atoms with van der Waals surface area (Å²) < 4.78 is 0. The fourth-order valence-electron chi connectivity index (χ4n) is 3.76. The zero-order valence-electron chi connectivity index (χ0n) is 16.0. The highest BCUT2D eigenvalue weighted by molar-refractivity contribution is 5.96. The van der Waals surface area contributed by atoms with Crippen molar-refractivity contribution >= 4 is 22.1 Å². The Morgan fingerprint density at radius 2 is 0.828 bits per heavy atom. The number of rotatable bonds is 4. The van der Waals surface area contributed by atoms with Crippen LogP contribution in [0.2, 0.25) is 0 Å². The van der Waals surface area contributed by atoms with E-state index in [2.05, 4.69) is 108 Å². The van der Waals surface area contributed by atoms with Crippen LogP contribution in [0.15, 0.2) is 121 Å². The molecular formula is C28H21N. The van der Waals surface area contributed by atoms with Crippen molar-refractivity contribution in [1.29, 1.82) is 0 Å². The Labute approximate surface area is 171 Å². The molecule has 0 aliphatic rings. The first kappa shape index (κ1) is 17.3. The van der Waals surface area contributed by atoms with E-state index < -0.39 is 0 Å². The number of anilines is 2. The van der Waals surface area contributed by atoms with E-state index in [0.717, 1.165) is 11.4 Å². The Morgan fingerprint density at radius 1 is 0.379 bits per heavy atom. The number of benzene rings is 5. The minimum Gasteiger partial charge on any atom is -0.356 e. The predicted octanol–water partition coefficient (Wildman–Crippen LogP) is 7.92. The molecular weight excluding hydrogens is 350 g/mol. The summed E-state index contributed by atoms with van der Waals surface area (Å²) in [5, 5.41) is 5.98. The van der Waals surface area contributed by atoms with Crippen LogP contribution in [0.1, 0.15) is 0 Å². The second kappa shape index (κ2) is 7.65. The zero-order chi connectivity index (χ0) is 19.5. The van der Waals surface area contributed by atoms with Gasteiger partial charge in [0.2, 0.25) is 0 Å². The summed E-state index contributed by atoms with van der Waals surface area (Å²) in [5.74, 6) is 0. The van der Waals surface area contributed by atoms with Gasteiger partial charge in [-0.05, 0) is 69.4 Å². The van der Waals surface area contributed by atoms with Crippen LogP contribution in [-0.2, 0) is 0 Å². The maximum absolute atomic E-state index is 3.46. The topological polar surface area (TPSA) is 12.0 Å². The summed E-state index contributed by atoms with van der Waals surface area (Å²) in [4.78, 5) is 0. The third-order valence-corrected chi connectivity index (χ3v) is 5.23. The van der Waals surface area contributed by atoms with Gasteiger partial charge in [-0.3, -0.25) is 0 Å². The monoisotopic (exact) mass is 371 g/mol. The SMILES string of the molecule is c1ccc(Nc2ccc(-c3cc4ccccc4cc3-c3ccccc3)cc2)cc1. The van der Waals surface area contributed by atoms with Crippen molar-refractivity contribution in [3.8, 4) is 22.3 Å². The molecule has 0 radical (unpaired) electrons. The highest BCUT2D eigenvalue weighted by Gasteiger charge is 2.10. The molecule has 29 heavy (non-hydrogen) atoms. The zero-order valence-corrected chi connectivity index (χ0v) is 16.0. The molecule has 0 bridgehead atoms. The molecule has 0 unspecified atom stereocenters. The van der Waals surface area contributed by atoms with Gasteiger partial charge in [-0.25, -0.2) is 0 Å². The van der Waals surface area contributed by atoms with Crippen molar-refractivity contribution < 1.29 is 0 Å². The van der Waals surface area contributed by atoms with Gasteiger partial charge in [0.15, 0.2) is 0 Å². The molecule has 0 saturated heterocycles. The average molecular weight is 371 g/mol. The van der Waals surface area contributed by atoms with Gasteiger partial charge in [-0.2, -0.15) is 0 Å². The van der Waals surface area contributed by atoms with Crippen molar-refractivity contribution in [2.45, 2.75) is 0 Å². The highest BCUT2D eigenvalue weighted by atomic mass is 14.9. The minimum atomic E-state index is 1.09. The van der Waals surface area contributed by atoms with Gasteiger partial charge in [0.05, 0.1) is 0 Å². The first-order valence-corrected chi connectivity index (χ1v) is 9.87. The van der Waals surface area contributed by atoms with E-state index in [1.807, 2.05) is 18.2 Å². The van der Waals surface area contributed by atoms with E-state index in [-0.39, 0.29) is 0 Å². The van der Waals surface area contributed by atoms with E-state index >= 15 is 0 Å². The fourth-order valence-corrected chi connectivity index (χ4v) is 3.76. The van der Waals surface area contributed by atoms with Crippen LogP contribution in [-0.4, -0.2) is 0 Å². The van der Waals surface area contributed by atoms with Gasteiger partial charge in [-0.1, -0.05) is 84.9 Å². The van der Waals surface area contributed by atoms with Crippen LogP contribution >= 0.6 is 0 Å². The summed E-state index contributed by atoms with van der Waals surface area (Å²) >= 11 is 0. The molecule has 0 aromatic heterocycles. The van der Waals surface area contributed by atoms with Gasteiger partial charge in [0.25, 0.3) is 0 Å². The van der Waals surface area contributed by atoms with Crippen LogP contribution in [0.4, 0.5) is 11.4 Å². The van der Waals surface area contributed by atoms with Crippen LogP contribution in [0.3, 0.4) is 0 Å². The molecule has 0 fully saturated rings. The Bertz CT molecular complexity index is 1240. The molecule has 0 spiro atoms. The van der Waals surface area contributed by atoms with Gasteiger partial charge in [0.1, 0.15) is 0 Å². The maximum atomic E-state index is 3.46. The Hall–Kier alpha value is -3.84. The van der Waals surface area contributed by atoms with E-state index in [9.17, 15) is 0 Å². The summed E-state index contributed by atoms with van der Waals surface area (Å²) in [7, 11) is 0.